The molecule has 0 fully saturated rings. The number of hydrogen-bond donors (Lipinski definition) is 0. The van der Waals surface area contributed by atoms with Crippen LogP contribution in [0.5, 0.6) is 0 Å². The van der Waals surface area contributed by atoms with Gasteiger partial charge in [-0.3, -0.25) is 14.4 Å². The number of hydrogen-bond acceptors (Lipinski definition) is 6. The van der Waals surface area contributed by atoms with Crippen molar-refractivity contribution in [3.8, 4) is 0 Å². The number of ether oxygens (including phenoxy) is 3. The molecule has 0 amide bonds. The van der Waals surface area contributed by atoms with E-state index in [0.717, 1.165) is 11.1 Å². The highest BCUT2D eigenvalue weighted by Gasteiger charge is 2.48. The predicted molar refractivity (Wildman–Crippen MR) is 162 cm³/mol. The molecular weight excluding hydrogens is 516 g/mol. The second kappa shape index (κ2) is 13.9. The Morgan fingerprint density at radius 1 is 0.756 bits per heavy atom. The molecule has 0 aliphatic rings. The molecule has 2 unspecified atom stereocenters. The first-order valence-corrected chi connectivity index (χ1v) is 14.5. The van der Waals surface area contributed by atoms with Crippen LogP contribution in [0, 0.1) is 16.7 Å². The van der Waals surface area contributed by atoms with Crippen LogP contribution in [0.25, 0.3) is 0 Å². The summed E-state index contributed by atoms with van der Waals surface area (Å²) in [6.07, 6.45) is -0.255. The molecule has 6 heteroatoms. The number of rotatable bonds is 14. The third kappa shape index (κ3) is 10.2. The van der Waals surface area contributed by atoms with Crippen LogP contribution in [0.4, 0.5) is 0 Å². The fourth-order valence-corrected chi connectivity index (χ4v) is 4.16. The van der Waals surface area contributed by atoms with Crippen LogP contribution in [0.15, 0.2) is 60.7 Å². The smallest absolute Gasteiger partial charge is 0.311 e. The number of ketones is 2. The minimum Gasteiger partial charge on any atom is -0.461 e. The van der Waals surface area contributed by atoms with E-state index in [4.69, 9.17) is 14.2 Å². The quantitative estimate of drug-likeness (QED) is 0.218. The molecular formula is C35H50O6. The summed E-state index contributed by atoms with van der Waals surface area (Å²) < 4.78 is 18.3. The van der Waals surface area contributed by atoms with Gasteiger partial charge < -0.3 is 14.2 Å². The molecule has 0 aliphatic heterocycles. The first-order valence-electron chi connectivity index (χ1n) is 14.5. The Balaban J connectivity index is 2.24. The fourth-order valence-electron chi connectivity index (χ4n) is 4.16. The average molecular weight is 567 g/mol. The normalized spacial score (nSPS) is 14.3. The highest BCUT2D eigenvalue weighted by Crippen LogP contribution is 2.41. The molecule has 0 bridgehead atoms. The highest BCUT2D eigenvalue weighted by molar-refractivity contribution is 5.90. The maximum absolute atomic E-state index is 14.1. The van der Waals surface area contributed by atoms with Crippen LogP contribution in [-0.4, -0.2) is 35.3 Å². The third-order valence-corrected chi connectivity index (χ3v) is 7.69. The summed E-state index contributed by atoms with van der Waals surface area (Å²) in [6.45, 7) is 19.0. The highest BCUT2D eigenvalue weighted by atomic mass is 16.5. The number of esters is 1. The molecule has 2 atom stereocenters. The van der Waals surface area contributed by atoms with Crippen molar-refractivity contribution < 1.29 is 28.6 Å². The molecule has 0 radical (unpaired) electrons. The first kappa shape index (κ1) is 34.4. The fraction of sp³-hybridized carbons (Fsp3) is 0.571. The Hall–Kier alpha value is -2.83. The maximum Gasteiger partial charge on any atom is 0.311 e. The second-order valence-electron chi connectivity index (χ2n) is 13.8. The lowest BCUT2D eigenvalue weighted by atomic mass is 9.71. The number of carbonyl (C=O) groups is 3. The first-order chi connectivity index (χ1) is 18.8. The van der Waals surface area contributed by atoms with Gasteiger partial charge in [-0.1, -0.05) is 95.3 Å². The molecule has 6 nitrogen and oxygen atoms in total. The SMILES string of the molecule is CC(C)(C)OC(C(=O)C(C)(C)C(C)(C)OCC(CCC(=O)C(C)(C)C)C(=O)OCc1ccccc1)c1ccccc1. The van der Waals surface area contributed by atoms with Crippen molar-refractivity contribution in [2.75, 3.05) is 6.61 Å². The van der Waals surface area contributed by atoms with Gasteiger partial charge in [0, 0.05) is 11.8 Å². The van der Waals surface area contributed by atoms with Gasteiger partial charge in [0.05, 0.1) is 29.1 Å². The van der Waals surface area contributed by atoms with Crippen LogP contribution in [0.3, 0.4) is 0 Å². The van der Waals surface area contributed by atoms with Gasteiger partial charge in [-0.2, -0.15) is 0 Å². The monoisotopic (exact) mass is 566 g/mol. The average Bonchev–Trinajstić information content (AvgIpc) is 2.89. The standard InChI is InChI=1S/C35H50O6/c1-32(2,3)28(36)22-21-27(31(38)39-23-25-17-13-11-14-18-25)24-40-35(9,10)34(7,8)30(37)29(41-33(4,5)6)26-19-15-12-16-20-26/h11-20,27,29H,21-24H2,1-10H3. The van der Waals surface area contributed by atoms with E-state index in [9.17, 15) is 14.4 Å². The summed E-state index contributed by atoms with van der Waals surface area (Å²) in [4.78, 5) is 40.0. The van der Waals surface area contributed by atoms with E-state index in [-0.39, 0.29) is 31.2 Å². The van der Waals surface area contributed by atoms with Crippen molar-refractivity contribution in [1.29, 1.82) is 0 Å². The lowest BCUT2D eigenvalue weighted by Gasteiger charge is -2.43. The van der Waals surface area contributed by atoms with E-state index in [0.29, 0.717) is 6.42 Å². The summed E-state index contributed by atoms with van der Waals surface area (Å²) >= 11 is 0. The predicted octanol–water partition coefficient (Wildman–Crippen LogP) is 7.69. The van der Waals surface area contributed by atoms with Crippen molar-refractivity contribution in [3.05, 3.63) is 71.8 Å². The van der Waals surface area contributed by atoms with E-state index in [1.54, 1.807) is 0 Å². The molecule has 0 saturated heterocycles. The molecule has 0 saturated carbocycles. The summed E-state index contributed by atoms with van der Waals surface area (Å²) in [5.41, 5.74) is -1.36. The summed E-state index contributed by atoms with van der Waals surface area (Å²) in [6, 6.07) is 18.9. The number of carbonyl (C=O) groups excluding carboxylic acids is 3. The lowest BCUT2D eigenvalue weighted by Crippen LogP contribution is -2.50. The van der Waals surface area contributed by atoms with E-state index in [1.165, 1.54) is 0 Å². The molecule has 0 spiro atoms. The van der Waals surface area contributed by atoms with Crippen molar-refractivity contribution in [1.82, 2.24) is 0 Å². The van der Waals surface area contributed by atoms with Gasteiger partial charge in [0.2, 0.25) is 0 Å². The zero-order chi connectivity index (χ0) is 31.1. The topological polar surface area (TPSA) is 78.9 Å². The third-order valence-electron chi connectivity index (χ3n) is 7.69. The Morgan fingerprint density at radius 2 is 1.29 bits per heavy atom. The van der Waals surface area contributed by atoms with Gasteiger partial charge in [0.15, 0.2) is 5.78 Å². The molecule has 0 heterocycles. The zero-order valence-electron chi connectivity index (χ0n) is 26.7. The Morgan fingerprint density at radius 3 is 1.80 bits per heavy atom. The molecule has 226 valence electrons. The second-order valence-corrected chi connectivity index (χ2v) is 13.8. The maximum atomic E-state index is 14.1. The van der Waals surface area contributed by atoms with Crippen LogP contribution in [0.1, 0.15) is 99.3 Å². The molecule has 41 heavy (non-hydrogen) atoms. The Bertz CT molecular complexity index is 1140. The Kier molecular flexibility index (Phi) is 11.6. The van der Waals surface area contributed by atoms with Crippen LogP contribution < -0.4 is 0 Å². The van der Waals surface area contributed by atoms with Crippen LogP contribution >= 0.6 is 0 Å². The summed E-state index contributed by atoms with van der Waals surface area (Å²) in [7, 11) is 0. The number of benzene rings is 2. The van der Waals surface area contributed by atoms with Gasteiger partial charge in [-0.15, -0.1) is 0 Å². The lowest BCUT2D eigenvalue weighted by molar-refractivity contribution is -0.174. The van der Waals surface area contributed by atoms with Crippen LogP contribution in [-0.2, 0) is 35.2 Å². The van der Waals surface area contributed by atoms with Gasteiger partial charge in [-0.05, 0) is 52.2 Å². The summed E-state index contributed by atoms with van der Waals surface area (Å²) in [5, 5.41) is 0. The molecule has 2 aromatic carbocycles. The van der Waals surface area contributed by atoms with E-state index < -0.39 is 40.0 Å². The van der Waals surface area contributed by atoms with E-state index in [2.05, 4.69) is 0 Å². The van der Waals surface area contributed by atoms with Gasteiger partial charge in [-0.25, -0.2) is 0 Å². The van der Waals surface area contributed by atoms with Crippen molar-refractivity contribution >= 4 is 17.5 Å². The largest absolute Gasteiger partial charge is 0.461 e. The van der Waals surface area contributed by atoms with Gasteiger partial charge >= 0.3 is 5.97 Å². The van der Waals surface area contributed by atoms with Gasteiger partial charge in [0.1, 0.15) is 18.5 Å². The summed E-state index contributed by atoms with van der Waals surface area (Å²) in [5.74, 6) is -1.13. The molecule has 2 rings (SSSR count). The minimum atomic E-state index is -0.988. The van der Waals surface area contributed by atoms with E-state index >= 15 is 0 Å². The number of Topliss-reactive ketones (excluding diaryl/α,β-unsaturated/α-hetero) is 2. The van der Waals surface area contributed by atoms with Crippen molar-refractivity contribution in [2.45, 2.75) is 106 Å². The molecule has 0 aliphatic carbocycles. The van der Waals surface area contributed by atoms with Crippen molar-refractivity contribution in [3.63, 3.8) is 0 Å². The Labute approximate surface area is 247 Å². The van der Waals surface area contributed by atoms with Gasteiger partial charge in [0.25, 0.3) is 0 Å². The van der Waals surface area contributed by atoms with Crippen molar-refractivity contribution in [2.24, 2.45) is 16.7 Å². The zero-order valence-corrected chi connectivity index (χ0v) is 26.7. The molecule has 0 N–H and O–H groups in total. The van der Waals surface area contributed by atoms with Crippen LogP contribution in [0.2, 0.25) is 0 Å². The minimum absolute atomic E-state index is 0.0187. The van der Waals surface area contributed by atoms with E-state index in [1.807, 2.05) is 130 Å². The molecule has 0 aromatic heterocycles. The molecule has 2 aromatic rings.